The van der Waals surface area contributed by atoms with E-state index in [2.05, 4.69) is 29.3 Å². The summed E-state index contributed by atoms with van der Waals surface area (Å²) in [6.07, 6.45) is 0. The first-order valence-corrected chi connectivity index (χ1v) is 6.63. The van der Waals surface area contributed by atoms with Gasteiger partial charge < -0.3 is 0 Å². The molecule has 78 valence electrons. The van der Waals surface area contributed by atoms with E-state index in [1.165, 1.54) is 9.40 Å². The molecule has 0 bridgehead atoms. The van der Waals surface area contributed by atoms with Crippen LogP contribution in [0.2, 0.25) is 0 Å². The Labute approximate surface area is 101 Å². The Hall–Kier alpha value is -1.45. The van der Waals surface area contributed by atoms with Gasteiger partial charge in [-0.2, -0.15) is 0 Å². The number of hydrogen-bond acceptors (Lipinski definition) is 3. The van der Waals surface area contributed by atoms with Gasteiger partial charge in [0.05, 0.1) is 5.69 Å². The molecule has 3 heteroatoms. The zero-order valence-corrected chi connectivity index (χ0v) is 10.1. The molecule has 1 nitrogen and oxygen atoms in total. The Balaban J connectivity index is 2.16. The Bertz CT molecular complexity index is 629. The second-order valence-corrected chi connectivity index (χ2v) is 5.68. The van der Waals surface area contributed by atoms with Crippen LogP contribution in [0.4, 0.5) is 5.69 Å². The van der Waals surface area contributed by atoms with Gasteiger partial charge in [0, 0.05) is 9.40 Å². The van der Waals surface area contributed by atoms with Crippen molar-refractivity contribution in [2.45, 2.75) is 0 Å². The number of hydrogen-bond donors (Lipinski definition) is 0. The summed E-state index contributed by atoms with van der Waals surface area (Å²) in [4.78, 5) is 4.62. The summed E-state index contributed by atoms with van der Waals surface area (Å²) in [6, 6.07) is 18.5. The second-order valence-electron chi connectivity index (χ2n) is 3.36. The molecule has 0 aliphatic heterocycles. The lowest BCUT2D eigenvalue weighted by Gasteiger charge is -1.87. The zero-order chi connectivity index (χ0) is 10.8. The van der Waals surface area contributed by atoms with Crippen LogP contribution in [0.5, 0.6) is 0 Å². The zero-order valence-electron chi connectivity index (χ0n) is 8.46. The Morgan fingerprint density at radius 3 is 1.88 bits per heavy atom. The minimum absolute atomic E-state index is 1.02. The average molecular weight is 243 g/mol. The van der Waals surface area contributed by atoms with E-state index in [-0.39, 0.29) is 0 Å². The third kappa shape index (κ3) is 1.92. The van der Waals surface area contributed by atoms with Gasteiger partial charge in [-0.1, -0.05) is 30.3 Å². The number of nitrogens with zero attached hydrogens (tertiary/aromatic N) is 1. The van der Waals surface area contributed by atoms with Crippen LogP contribution in [-0.2, 0) is 0 Å². The standard InChI is InChI=1S/C13H9NS2/c1-2-6-10(7-3-1)14-13-15-11-8-4-5-9-12(11)16-13/h1-9H. The van der Waals surface area contributed by atoms with Crippen LogP contribution in [0, 0.1) is 0 Å². The SMILES string of the molecule is c1ccc(N=c2sc3ccccc3s2)cc1. The predicted molar refractivity (Wildman–Crippen MR) is 71.4 cm³/mol. The summed E-state index contributed by atoms with van der Waals surface area (Å²) in [7, 11) is 0. The van der Waals surface area contributed by atoms with Gasteiger partial charge in [0.1, 0.15) is 0 Å². The van der Waals surface area contributed by atoms with Crippen LogP contribution < -0.4 is 3.98 Å². The maximum Gasteiger partial charge on any atom is 0.172 e. The minimum Gasteiger partial charge on any atom is -0.228 e. The van der Waals surface area contributed by atoms with Crippen molar-refractivity contribution in [3.63, 3.8) is 0 Å². The van der Waals surface area contributed by atoms with E-state index in [1.54, 1.807) is 22.7 Å². The quantitative estimate of drug-likeness (QED) is 0.607. The molecule has 1 aromatic heterocycles. The summed E-state index contributed by atoms with van der Waals surface area (Å²) in [5, 5.41) is 0. The van der Waals surface area contributed by atoms with E-state index in [0.29, 0.717) is 0 Å². The normalized spacial score (nSPS) is 10.5. The van der Waals surface area contributed by atoms with Crippen LogP contribution in [0.1, 0.15) is 0 Å². The van der Waals surface area contributed by atoms with Crippen LogP contribution in [0.25, 0.3) is 9.40 Å². The molecular weight excluding hydrogens is 234 g/mol. The average Bonchev–Trinajstić information content (AvgIpc) is 2.72. The van der Waals surface area contributed by atoms with Gasteiger partial charge in [0.2, 0.25) is 0 Å². The van der Waals surface area contributed by atoms with Crippen molar-refractivity contribution in [1.82, 2.24) is 0 Å². The third-order valence-electron chi connectivity index (χ3n) is 2.22. The van der Waals surface area contributed by atoms with Crippen molar-refractivity contribution in [1.29, 1.82) is 0 Å². The number of para-hydroxylation sites is 1. The highest BCUT2D eigenvalue weighted by molar-refractivity contribution is 7.35. The molecule has 16 heavy (non-hydrogen) atoms. The van der Waals surface area contributed by atoms with Crippen LogP contribution in [-0.4, -0.2) is 0 Å². The Kier molecular flexibility index (Phi) is 2.56. The van der Waals surface area contributed by atoms with Crippen molar-refractivity contribution in [2.75, 3.05) is 0 Å². The molecular formula is C13H9NS2. The third-order valence-corrected chi connectivity index (χ3v) is 4.53. The smallest absolute Gasteiger partial charge is 0.172 e. The van der Waals surface area contributed by atoms with Crippen molar-refractivity contribution >= 4 is 37.8 Å². The van der Waals surface area contributed by atoms with Gasteiger partial charge in [0.25, 0.3) is 0 Å². The minimum atomic E-state index is 1.02. The molecule has 0 aliphatic carbocycles. The molecule has 2 aromatic carbocycles. The first-order chi connectivity index (χ1) is 7.92. The Morgan fingerprint density at radius 2 is 1.25 bits per heavy atom. The largest absolute Gasteiger partial charge is 0.228 e. The number of fused-ring (bicyclic) bond motifs is 1. The lowest BCUT2D eigenvalue weighted by atomic mass is 10.3. The van der Waals surface area contributed by atoms with Crippen LogP contribution >= 0.6 is 22.7 Å². The van der Waals surface area contributed by atoms with E-state index in [0.717, 1.165) is 9.67 Å². The highest BCUT2D eigenvalue weighted by atomic mass is 32.2. The van der Waals surface area contributed by atoms with Gasteiger partial charge in [-0.05, 0) is 24.3 Å². The topological polar surface area (TPSA) is 12.4 Å². The molecule has 0 unspecified atom stereocenters. The molecule has 0 aliphatic rings. The first-order valence-electron chi connectivity index (χ1n) is 5.00. The molecule has 1 heterocycles. The molecule has 0 N–H and O–H groups in total. The molecule has 3 aromatic rings. The van der Waals surface area contributed by atoms with Crippen LogP contribution in [0.15, 0.2) is 59.6 Å². The molecule has 0 fully saturated rings. The lowest BCUT2D eigenvalue weighted by Crippen LogP contribution is -1.82. The van der Waals surface area contributed by atoms with Crippen molar-refractivity contribution < 1.29 is 0 Å². The van der Waals surface area contributed by atoms with E-state index in [9.17, 15) is 0 Å². The summed E-state index contributed by atoms with van der Waals surface area (Å²) in [5.74, 6) is 0. The maximum atomic E-state index is 4.62. The molecule has 0 saturated carbocycles. The van der Waals surface area contributed by atoms with Crippen molar-refractivity contribution in [2.24, 2.45) is 4.99 Å². The van der Waals surface area contributed by atoms with Gasteiger partial charge in [-0.25, -0.2) is 4.99 Å². The molecule has 0 radical (unpaired) electrons. The molecule has 0 saturated heterocycles. The fourth-order valence-corrected chi connectivity index (χ4v) is 3.75. The maximum absolute atomic E-state index is 4.62. The predicted octanol–water partition coefficient (Wildman–Crippen LogP) is 4.20. The van der Waals surface area contributed by atoms with Gasteiger partial charge >= 0.3 is 0 Å². The monoisotopic (exact) mass is 243 g/mol. The van der Waals surface area contributed by atoms with E-state index in [1.807, 2.05) is 30.3 Å². The van der Waals surface area contributed by atoms with Crippen molar-refractivity contribution in [3.05, 3.63) is 58.6 Å². The highest BCUT2D eigenvalue weighted by Gasteiger charge is 1.96. The molecule has 3 rings (SSSR count). The summed E-state index contributed by atoms with van der Waals surface area (Å²) < 4.78 is 3.72. The highest BCUT2D eigenvalue weighted by Crippen LogP contribution is 2.21. The molecule has 0 spiro atoms. The fourth-order valence-electron chi connectivity index (χ4n) is 1.48. The fraction of sp³-hybridized carbons (Fsp3) is 0. The van der Waals surface area contributed by atoms with Crippen LogP contribution in [0.3, 0.4) is 0 Å². The van der Waals surface area contributed by atoms with Crippen molar-refractivity contribution in [3.8, 4) is 0 Å². The van der Waals surface area contributed by atoms with Gasteiger partial charge in [-0.15, -0.1) is 22.7 Å². The Morgan fingerprint density at radius 1 is 0.688 bits per heavy atom. The summed E-state index contributed by atoms with van der Waals surface area (Å²) in [5.41, 5.74) is 1.02. The lowest BCUT2D eigenvalue weighted by molar-refractivity contribution is 1.46. The van der Waals surface area contributed by atoms with E-state index in [4.69, 9.17) is 0 Å². The summed E-state index contributed by atoms with van der Waals surface area (Å²) in [6.45, 7) is 0. The number of benzene rings is 2. The second kappa shape index (κ2) is 4.20. The van der Waals surface area contributed by atoms with E-state index >= 15 is 0 Å². The van der Waals surface area contributed by atoms with Gasteiger partial charge in [-0.3, -0.25) is 0 Å². The summed E-state index contributed by atoms with van der Waals surface area (Å²) >= 11 is 3.49. The number of rotatable bonds is 1. The first kappa shape index (κ1) is 9.75. The van der Waals surface area contributed by atoms with E-state index < -0.39 is 0 Å². The van der Waals surface area contributed by atoms with Gasteiger partial charge in [0.15, 0.2) is 3.98 Å². The molecule has 0 atom stereocenters. The molecule has 0 amide bonds.